The molecule has 1 aliphatic carbocycles. The van der Waals surface area contributed by atoms with E-state index in [-0.39, 0.29) is 5.92 Å². The number of rotatable bonds is 9. The lowest BCUT2D eigenvalue weighted by atomic mass is 9.83. The van der Waals surface area contributed by atoms with E-state index in [4.69, 9.17) is 14.8 Å². The van der Waals surface area contributed by atoms with Crippen LogP contribution in [0, 0.1) is 5.92 Å². The number of hydrogen-bond acceptors (Lipinski definition) is 4. The van der Waals surface area contributed by atoms with E-state index in [2.05, 4.69) is 52.0 Å². The summed E-state index contributed by atoms with van der Waals surface area (Å²) in [6, 6.07) is 12.8. The van der Waals surface area contributed by atoms with Crippen molar-refractivity contribution in [2.45, 2.75) is 51.0 Å². The Kier molecular flexibility index (Phi) is 6.67. The second-order valence-corrected chi connectivity index (χ2v) is 11.5. The van der Waals surface area contributed by atoms with Crippen LogP contribution in [0.4, 0.5) is 4.79 Å². The lowest BCUT2D eigenvalue weighted by Gasteiger charge is -2.22. The highest BCUT2D eigenvalue weighted by atomic mass is 32.1. The first-order chi connectivity index (χ1) is 18.0. The van der Waals surface area contributed by atoms with Crippen molar-refractivity contribution in [1.29, 1.82) is 0 Å². The molecule has 194 valence electrons. The number of imidazole rings is 1. The zero-order valence-electron chi connectivity index (χ0n) is 21.3. The summed E-state index contributed by atoms with van der Waals surface area (Å²) >= 11 is 1.79. The van der Waals surface area contributed by atoms with Crippen LogP contribution in [0.15, 0.2) is 48.0 Å². The molecule has 0 radical (unpaired) electrons. The van der Waals surface area contributed by atoms with E-state index in [1.807, 2.05) is 12.1 Å². The third-order valence-electron chi connectivity index (χ3n) is 8.04. The highest BCUT2D eigenvalue weighted by Gasteiger charge is 2.26. The number of fused-ring (bicyclic) bond motifs is 1. The van der Waals surface area contributed by atoms with Gasteiger partial charge in [-0.05, 0) is 67.3 Å². The number of thiophene rings is 1. The Morgan fingerprint density at radius 2 is 2.03 bits per heavy atom. The first kappa shape index (κ1) is 24.1. The summed E-state index contributed by atoms with van der Waals surface area (Å²) in [5.74, 6) is 2.82. The summed E-state index contributed by atoms with van der Waals surface area (Å²) in [7, 11) is 2.14. The normalized spacial score (nSPS) is 18.0. The fourth-order valence-corrected chi connectivity index (χ4v) is 6.39. The second kappa shape index (κ2) is 10.2. The molecule has 37 heavy (non-hydrogen) atoms. The molecule has 4 heterocycles. The predicted octanol–water partition coefficient (Wildman–Crippen LogP) is 6.38. The molecule has 1 aliphatic heterocycles. The number of ether oxygens (including phenoxy) is 1. The van der Waals surface area contributed by atoms with Gasteiger partial charge < -0.3 is 23.9 Å². The smallest absolute Gasteiger partial charge is 0.407 e. The molecule has 0 unspecified atom stereocenters. The standard InChI is InChI=1S/C29H34N4O3S/c1-31-25-12-15-37-27(25)16-26(31)28-30-24(22-5-2-6-22)18-32(28)13-3-4-20-7-9-23(10-8-20)36-19-21-11-14-33(17-21)29(34)35/h7-10,12,15-16,18,21-22H,2-6,11,13-14,17,19H2,1H3,(H,34,35)/t21-/m1/s1. The quantitative estimate of drug-likeness (QED) is 0.279. The van der Waals surface area contributed by atoms with Gasteiger partial charge in [0, 0.05) is 44.7 Å². The highest BCUT2D eigenvalue weighted by Crippen LogP contribution is 2.38. The molecule has 1 amide bonds. The number of carboxylic acid groups (broad SMARTS) is 1. The van der Waals surface area contributed by atoms with Gasteiger partial charge in [0.15, 0.2) is 5.82 Å². The Morgan fingerprint density at radius 3 is 2.73 bits per heavy atom. The minimum absolute atomic E-state index is 0.269. The molecule has 1 aromatic carbocycles. The summed E-state index contributed by atoms with van der Waals surface area (Å²) in [6.07, 6.45) is 8.19. The Bertz CT molecular complexity index is 1380. The summed E-state index contributed by atoms with van der Waals surface area (Å²) in [5.41, 5.74) is 5.02. The van der Waals surface area contributed by atoms with Crippen LogP contribution >= 0.6 is 11.3 Å². The lowest BCUT2D eigenvalue weighted by molar-refractivity contribution is 0.151. The molecule has 4 aromatic rings. The van der Waals surface area contributed by atoms with Gasteiger partial charge in [-0.15, -0.1) is 11.3 Å². The average Bonchev–Trinajstić information content (AvgIpc) is 3.63. The van der Waals surface area contributed by atoms with Gasteiger partial charge in [0.05, 0.1) is 28.2 Å². The first-order valence-corrected chi connectivity index (χ1v) is 14.2. The van der Waals surface area contributed by atoms with Crippen LogP contribution in [0.3, 0.4) is 0 Å². The van der Waals surface area contributed by atoms with Crippen LogP contribution in [0.1, 0.15) is 49.3 Å². The number of hydrogen-bond donors (Lipinski definition) is 1. The molecule has 7 nitrogen and oxygen atoms in total. The molecule has 0 bridgehead atoms. The van der Waals surface area contributed by atoms with Gasteiger partial charge >= 0.3 is 6.09 Å². The maximum absolute atomic E-state index is 11.1. The topological polar surface area (TPSA) is 72.5 Å². The van der Waals surface area contributed by atoms with Crippen LogP contribution in [0.2, 0.25) is 0 Å². The van der Waals surface area contributed by atoms with Crippen molar-refractivity contribution < 1.29 is 14.6 Å². The van der Waals surface area contributed by atoms with Gasteiger partial charge in [0.2, 0.25) is 0 Å². The second-order valence-electron chi connectivity index (χ2n) is 10.5. The van der Waals surface area contributed by atoms with Crippen LogP contribution in [0.25, 0.3) is 21.7 Å². The number of benzene rings is 1. The van der Waals surface area contributed by atoms with Crippen molar-refractivity contribution in [2.24, 2.45) is 13.0 Å². The minimum Gasteiger partial charge on any atom is -0.493 e. The van der Waals surface area contributed by atoms with Crippen LogP contribution < -0.4 is 4.74 Å². The van der Waals surface area contributed by atoms with E-state index in [9.17, 15) is 4.79 Å². The molecule has 1 saturated heterocycles. The van der Waals surface area contributed by atoms with Crippen molar-refractivity contribution in [3.63, 3.8) is 0 Å². The predicted molar refractivity (Wildman–Crippen MR) is 147 cm³/mol. The van der Waals surface area contributed by atoms with Crippen LogP contribution in [0.5, 0.6) is 5.75 Å². The highest BCUT2D eigenvalue weighted by molar-refractivity contribution is 7.17. The van der Waals surface area contributed by atoms with Gasteiger partial charge in [0.1, 0.15) is 5.75 Å². The third-order valence-corrected chi connectivity index (χ3v) is 8.89. The van der Waals surface area contributed by atoms with E-state index in [1.165, 1.54) is 51.3 Å². The number of aromatic nitrogens is 3. The molecule has 1 saturated carbocycles. The van der Waals surface area contributed by atoms with Gasteiger partial charge in [-0.2, -0.15) is 0 Å². The maximum Gasteiger partial charge on any atom is 0.407 e. The molecular weight excluding hydrogens is 484 g/mol. The van der Waals surface area contributed by atoms with Gasteiger partial charge in [0.25, 0.3) is 0 Å². The zero-order chi connectivity index (χ0) is 25.4. The SMILES string of the molecule is Cn1c(-c2nc(C3CCC3)cn2CCCc2ccc(OC[C@@H]3CCN(C(=O)O)C3)cc2)cc2sccc21. The summed E-state index contributed by atoms with van der Waals surface area (Å²) < 4.78 is 11.9. The van der Waals surface area contributed by atoms with E-state index >= 15 is 0 Å². The Morgan fingerprint density at radius 1 is 1.19 bits per heavy atom. The van der Waals surface area contributed by atoms with Crippen molar-refractivity contribution in [2.75, 3.05) is 19.7 Å². The Hall–Kier alpha value is -3.26. The molecule has 6 rings (SSSR count). The average molecular weight is 519 g/mol. The van der Waals surface area contributed by atoms with E-state index in [0.717, 1.165) is 37.4 Å². The van der Waals surface area contributed by atoms with Crippen molar-refractivity contribution >= 4 is 27.6 Å². The minimum atomic E-state index is -0.836. The maximum atomic E-state index is 11.1. The monoisotopic (exact) mass is 518 g/mol. The molecular formula is C29H34N4O3S. The molecule has 1 N–H and O–H groups in total. The molecule has 8 heteroatoms. The number of aryl methyl sites for hydroxylation is 3. The Labute approximate surface area is 221 Å². The van der Waals surface area contributed by atoms with E-state index in [1.54, 1.807) is 11.3 Å². The lowest BCUT2D eigenvalue weighted by Crippen LogP contribution is -2.27. The van der Waals surface area contributed by atoms with E-state index in [0.29, 0.717) is 25.6 Å². The fourth-order valence-electron chi connectivity index (χ4n) is 5.54. The zero-order valence-corrected chi connectivity index (χ0v) is 22.1. The molecule has 2 aliphatic rings. The summed E-state index contributed by atoms with van der Waals surface area (Å²) in [6.45, 7) is 2.67. The first-order valence-electron chi connectivity index (χ1n) is 13.3. The molecule has 1 atom stereocenters. The third kappa shape index (κ3) is 4.99. The van der Waals surface area contributed by atoms with Crippen LogP contribution in [-0.4, -0.2) is 49.9 Å². The largest absolute Gasteiger partial charge is 0.493 e. The van der Waals surface area contributed by atoms with Crippen LogP contribution in [-0.2, 0) is 20.0 Å². The number of amides is 1. The summed E-state index contributed by atoms with van der Waals surface area (Å²) in [4.78, 5) is 17.7. The molecule has 0 spiro atoms. The fraction of sp³-hybridized carbons (Fsp3) is 0.448. The van der Waals surface area contributed by atoms with Crippen molar-refractivity contribution in [3.8, 4) is 17.3 Å². The molecule has 2 fully saturated rings. The van der Waals surface area contributed by atoms with Crippen molar-refractivity contribution in [1.82, 2.24) is 19.0 Å². The number of likely N-dealkylation sites (tertiary alicyclic amines) is 1. The number of nitrogens with zero attached hydrogens (tertiary/aromatic N) is 4. The van der Waals surface area contributed by atoms with E-state index < -0.39 is 6.09 Å². The summed E-state index contributed by atoms with van der Waals surface area (Å²) in [5, 5.41) is 11.3. The Balaban J connectivity index is 1.07. The number of carbonyl (C=O) groups is 1. The van der Waals surface area contributed by atoms with Crippen molar-refractivity contribution in [3.05, 3.63) is 59.2 Å². The molecule has 3 aromatic heterocycles. The van der Waals surface area contributed by atoms with Gasteiger partial charge in [-0.1, -0.05) is 18.6 Å². The van der Waals surface area contributed by atoms with Gasteiger partial charge in [-0.25, -0.2) is 9.78 Å². The van der Waals surface area contributed by atoms with Gasteiger partial charge in [-0.3, -0.25) is 0 Å².